The molecule has 0 aliphatic carbocycles. The summed E-state index contributed by atoms with van der Waals surface area (Å²) >= 11 is 0. The van der Waals surface area contributed by atoms with Crippen LogP contribution in [0.5, 0.6) is 0 Å². The Morgan fingerprint density at radius 2 is 1.71 bits per heavy atom. The van der Waals surface area contributed by atoms with Gasteiger partial charge >= 0.3 is 18.0 Å². The van der Waals surface area contributed by atoms with Crippen LogP contribution in [0, 0.1) is 0 Å². The third-order valence-corrected chi connectivity index (χ3v) is 3.06. The first-order valence-corrected chi connectivity index (χ1v) is 7.69. The summed E-state index contributed by atoms with van der Waals surface area (Å²) in [5, 5.41) is 21.5. The fourth-order valence-corrected chi connectivity index (χ4v) is 2.50. The molecule has 0 aromatic rings. The van der Waals surface area contributed by atoms with Crippen LogP contribution >= 0.6 is 0 Å². The number of carboxylic acids is 2. The minimum Gasteiger partial charge on any atom is -0.481 e. The van der Waals surface area contributed by atoms with Gasteiger partial charge in [-0.1, -0.05) is 0 Å². The molecule has 0 saturated carbocycles. The molecule has 0 rings (SSSR count). The predicted molar refractivity (Wildman–Crippen MR) is 72.3 cm³/mol. The summed E-state index contributed by atoms with van der Waals surface area (Å²) < 4.78 is 24.5. The van der Waals surface area contributed by atoms with Gasteiger partial charge in [-0.2, -0.15) is 0 Å². The fraction of sp³-hybridized carbons (Fsp3) is 0.700. The number of sulfonamides is 1. The summed E-state index contributed by atoms with van der Waals surface area (Å²) in [6.45, 7) is 2.91. The molecule has 122 valence electrons. The number of carbonyl (C=O) groups excluding carboxylic acids is 1. The Hall–Kier alpha value is -1.88. The molecule has 0 aliphatic heterocycles. The van der Waals surface area contributed by atoms with Crippen molar-refractivity contribution >= 4 is 28.0 Å². The highest BCUT2D eigenvalue weighted by molar-refractivity contribution is 7.88. The van der Waals surface area contributed by atoms with E-state index in [0.717, 1.165) is 6.26 Å². The van der Waals surface area contributed by atoms with Crippen LogP contribution in [0.4, 0.5) is 4.79 Å². The van der Waals surface area contributed by atoms with E-state index in [0.29, 0.717) is 0 Å². The Labute approximate surface area is 122 Å². The summed E-state index contributed by atoms with van der Waals surface area (Å²) in [6, 6.07) is -2.49. The third kappa shape index (κ3) is 9.62. The van der Waals surface area contributed by atoms with Crippen molar-refractivity contribution in [3.05, 3.63) is 0 Å². The molecule has 0 bridgehead atoms. The van der Waals surface area contributed by atoms with E-state index in [-0.39, 0.29) is 6.54 Å². The van der Waals surface area contributed by atoms with Gasteiger partial charge in [0.25, 0.3) is 0 Å². The number of carboxylic acid groups (broad SMARTS) is 2. The van der Waals surface area contributed by atoms with E-state index in [9.17, 15) is 22.8 Å². The van der Waals surface area contributed by atoms with E-state index in [1.54, 1.807) is 0 Å². The van der Waals surface area contributed by atoms with Gasteiger partial charge in [0, 0.05) is 12.1 Å². The highest BCUT2D eigenvalue weighted by atomic mass is 32.2. The predicted octanol–water partition coefficient (Wildman–Crippen LogP) is -1.46. The second kappa shape index (κ2) is 7.22. The van der Waals surface area contributed by atoms with Crippen molar-refractivity contribution in [1.82, 2.24) is 15.4 Å². The van der Waals surface area contributed by atoms with Crippen molar-refractivity contribution in [2.75, 3.05) is 12.8 Å². The third-order valence-electron chi connectivity index (χ3n) is 2.13. The highest BCUT2D eigenvalue weighted by Crippen LogP contribution is 2.02. The summed E-state index contributed by atoms with van der Waals surface area (Å²) in [5.74, 6) is -2.86. The molecule has 0 saturated heterocycles. The lowest BCUT2D eigenvalue weighted by Crippen LogP contribution is -2.54. The van der Waals surface area contributed by atoms with Crippen molar-refractivity contribution in [3.8, 4) is 0 Å². The lowest BCUT2D eigenvalue weighted by molar-refractivity contribution is -0.145. The van der Waals surface area contributed by atoms with Crippen LogP contribution in [0.2, 0.25) is 0 Å². The maximum atomic E-state index is 11.5. The van der Waals surface area contributed by atoms with Crippen LogP contribution in [-0.4, -0.2) is 61.0 Å². The lowest BCUT2D eigenvalue weighted by Gasteiger charge is -2.25. The first-order chi connectivity index (χ1) is 9.32. The topological polar surface area (TPSA) is 162 Å². The van der Waals surface area contributed by atoms with Gasteiger partial charge in [-0.15, -0.1) is 0 Å². The monoisotopic (exact) mass is 325 g/mol. The molecule has 0 aliphatic rings. The molecule has 2 amide bonds. The van der Waals surface area contributed by atoms with Crippen molar-refractivity contribution in [2.45, 2.75) is 31.8 Å². The van der Waals surface area contributed by atoms with Crippen molar-refractivity contribution in [1.29, 1.82) is 0 Å². The van der Waals surface area contributed by atoms with Crippen LogP contribution < -0.4 is 15.4 Å². The van der Waals surface area contributed by atoms with Gasteiger partial charge in [-0.05, 0) is 13.8 Å². The van der Waals surface area contributed by atoms with Gasteiger partial charge in [0.2, 0.25) is 10.0 Å². The zero-order valence-electron chi connectivity index (χ0n) is 11.8. The maximum absolute atomic E-state index is 11.5. The Kier molecular flexibility index (Phi) is 6.57. The van der Waals surface area contributed by atoms with Gasteiger partial charge in [0.1, 0.15) is 6.04 Å². The van der Waals surface area contributed by atoms with Crippen LogP contribution in [0.1, 0.15) is 20.3 Å². The quantitative estimate of drug-likeness (QED) is 0.364. The summed E-state index contributed by atoms with van der Waals surface area (Å²) in [6.07, 6.45) is 0.190. The number of nitrogens with one attached hydrogen (secondary N) is 3. The van der Waals surface area contributed by atoms with E-state index in [4.69, 9.17) is 10.2 Å². The minimum absolute atomic E-state index is 0.120. The second-order valence-electron chi connectivity index (χ2n) is 5.07. The average molecular weight is 325 g/mol. The molecule has 5 N–H and O–H groups in total. The molecular weight excluding hydrogens is 306 g/mol. The van der Waals surface area contributed by atoms with Crippen molar-refractivity contribution < 1.29 is 33.0 Å². The van der Waals surface area contributed by atoms with E-state index in [2.05, 4.69) is 10.0 Å². The summed E-state index contributed by atoms with van der Waals surface area (Å²) in [7, 11) is -3.48. The van der Waals surface area contributed by atoms with Crippen LogP contribution in [0.15, 0.2) is 0 Å². The van der Waals surface area contributed by atoms with Crippen LogP contribution in [0.3, 0.4) is 0 Å². The SMILES string of the molecule is CC(C)(CNC(=O)N[C@H](CC(=O)O)C(=O)O)NS(C)(=O)=O. The van der Waals surface area contributed by atoms with E-state index >= 15 is 0 Å². The van der Waals surface area contributed by atoms with Gasteiger partial charge in [-0.3, -0.25) is 4.79 Å². The number of aliphatic carboxylic acids is 2. The van der Waals surface area contributed by atoms with Gasteiger partial charge < -0.3 is 20.8 Å². The molecule has 1 atom stereocenters. The molecule has 0 fully saturated rings. The lowest BCUT2D eigenvalue weighted by atomic mass is 10.1. The molecule has 0 radical (unpaired) electrons. The molecular formula is C10H19N3O7S. The first kappa shape index (κ1) is 19.1. The molecule has 0 heterocycles. The van der Waals surface area contributed by atoms with E-state index in [1.165, 1.54) is 13.8 Å². The standard InChI is InChI=1S/C10H19N3O7S/c1-10(2,13-21(3,19)20)5-11-9(18)12-6(8(16)17)4-7(14)15/h6,13H,4-5H2,1-3H3,(H,14,15)(H,16,17)(H2,11,12,18)/t6-/m1/s1. The molecule has 11 heteroatoms. The average Bonchev–Trinajstić information content (AvgIpc) is 2.21. The Balaban J connectivity index is 4.49. The number of urea groups is 1. The number of amides is 2. The molecule has 0 unspecified atom stereocenters. The Bertz CT molecular complexity index is 515. The first-order valence-electron chi connectivity index (χ1n) is 5.80. The number of hydrogen-bond acceptors (Lipinski definition) is 5. The number of carbonyl (C=O) groups is 3. The van der Waals surface area contributed by atoms with Gasteiger partial charge in [0.15, 0.2) is 0 Å². The minimum atomic E-state index is -3.48. The molecule has 10 nitrogen and oxygen atoms in total. The Morgan fingerprint density at radius 3 is 2.10 bits per heavy atom. The smallest absolute Gasteiger partial charge is 0.326 e. The molecule has 0 aromatic carbocycles. The fourth-order valence-electron chi connectivity index (χ4n) is 1.42. The highest BCUT2D eigenvalue weighted by Gasteiger charge is 2.26. The molecule has 0 aromatic heterocycles. The zero-order valence-corrected chi connectivity index (χ0v) is 12.7. The second-order valence-corrected chi connectivity index (χ2v) is 6.82. The van der Waals surface area contributed by atoms with Gasteiger partial charge in [-0.25, -0.2) is 22.7 Å². The largest absolute Gasteiger partial charge is 0.481 e. The van der Waals surface area contributed by atoms with E-state index in [1.807, 2.05) is 5.32 Å². The number of hydrogen-bond donors (Lipinski definition) is 5. The van der Waals surface area contributed by atoms with Gasteiger partial charge in [0.05, 0.1) is 12.7 Å². The van der Waals surface area contributed by atoms with Crippen LogP contribution in [-0.2, 0) is 19.6 Å². The maximum Gasteiger partial charge on any atom is 0.326 e. The summed E-state index contributed by atoms with van der Waals surface area (Å²) in [4.78, 5) is 32.7. The Morgan fingerprint density at radius 1 is 1.19 bits per heavy atom. The zero-order chi connectivity index (χ0) is 16.8. The van der Waals surface area contributed by atoms with E-state index < -0.39 is 46.0 Å². The molecule has 21 heavy (non-hydrogen) atoms. The van der Waals surface area contributed by atoms with Crippen molar-refractivity contribution in [3.63, 3.8) is 0 Å². The number of rotatable bonds is 8. The van der Waals surface area contributed by atoms with Crippen LogP contribution in [0.25, 0.3) is 0 Å². The summed E-state index contributed by atoms with van der Waals surface area (Å²) in [5.41, 5.74) is -0.990. The normalized spacial score (nSPS) is 13.3. The van der Waals surface area contributed by atoms with Crippen molar-refractivity contribution in [2.24, 2.45) is 0 Å². The molecule has 0 spiro atoms.